The minimum Gasteiger partial charge on any atom is -0.345 e. The number of thiophene rings is 1. The molecule has 0 spiro atoms. The molecule has 2 unspecified atom stereocenters. The van der Waals surface area contributed by atoms with Crippen LogP contribution in [0.3, 0.4) is 0 Å². The summed E-state index contributed by atoms with van der Waals surface area (Å²) in [5, 5.41) is 5.15. The summed E-state index contributed by atoms with van der Waals surface area (Å²) >= 11 is 4.92. The molecule has 1 aliphatic heterocycles. The van der Waals surface area contributed by atoms with Gasteiger partial charge in [0, 0.05) is 17.6 Å². The lowest BCUT2D eigenvalue weighted by atomic mass is 9.94. The van der Waals surface area contributed by atoms with Gasteiger partial charge in [0.2, 0.25) is 5.91 Å². The largest absolute Gasteiger partial charge is 0.345 e. The van der Waals surface area contributed by atoms with Gasteiger partial charge in [-0.1, -0.05) is 64.5 Å². The topological polar surface area (TPSA) is 49.4 Å². The van der Waals surface area contributed by atoms with E-state index in [0.29, 0.717) is 13.1 Å². The molecule has 4 nitrogen and oxygen atoms in total. The van der Waals surface area contributed by atoms with Crippen LogP contribution in [-0.2, 0) is 4.79 Å². The molecule has 0 radical (unpaired) electrons. The van der Waals surface area contributed by atoms with E-state index in [1.807, 2.05) is 77.0 Å². The first-order valence-corrected chi connectivity index (χ1v) is 11.7. The number of nitrogens with one attached hydrogen (secondary N) is 1. The van der Waals surface area contributed by atoms with Gasteiger partial charge < -0.3 is 10.2 Å². The van der Waals surface area contributed by atoms with Gasteiger partial charge in [0.25, 0.3) is 5.91 Å². The summed E-state index contributed by atoms with van der Waals surface area (Å²) < 4.78 is 0.999. The van der Waals surface area contributed by atoms with E-state index >= 15 is 0 Å². The smallest absolute Gasteiger partial charge is 0.263 e. The van der Waals surface area contributed by atoms with Crippen LogP contribution in [0.25, 0.3) is 0 Å². The maximum Gasteiger partial charge on any atom is 0.263 e. The second kappa shape index (κ2) is 9.58. The van der Waals surface area contributed by atoms with Gasteiger partial charge in [-0.05, 0) is 47.5 Å². The van der Waals surface area contributed by atoms with Gasteiger partial charge in [0.1, 0.15) is 0 Å². The molecule has 154 valence electrons. The summed E-state index contributed by atoms with van der Waals surface area (Å²) in [5.41, 5.74) is 2.07. The van der Waals surface area contributed by atoms with Gasteiger partial charge in [-0.2, -0.15) is 0 Å². The fourth-order valence-corrected chi connectivity index (χ4v) is 4.81. The number of piperidine rings is 1. The highest BCUT2D eigenvalue weighted by molar-refractivity contribution is 9.10. The molecule has 0 saturated carbocycles. The Balaban J connectivity index is 1.50. The van der Waals surface area contributed by atoms with E-state index in [-0.39, 0.29) is 23.8 Å². The SMILES string of the molecule is O=C(NC(c1ccccc1)c1ccc(Br)cc1)C1CCCN(C(=O)c2cccs2)C1. The molecule has 0 bridgehead atoms. The minimum absolute atomic E-state index is 0.00421. The molecule has 3 aromatic rings. The lowest BCUT2D eigenvalue weighted by Gasteiger charge is -2.33. The minimum atomic E-state index is -0.227. The van der Waals surface area contributed by atoms with Gasteiger partial charge in [0.15, 0.2) is 0 Å². The molecule has 2 aromatic carbocycles. The van der Waals surface area contributed by atoms with E-state index in [4.69, 9.17) is 0 Å². The Labute approximate surface area is 189 Å². The lowest BCUT2D eigenvalue weighted by molar-refractivity contribution is -0.126. The third-order valence-corrected chi connectivity index (χ3v) is 6.82. The normalized spacial score (nSPS) is 17.4. The zero-order valence-corrected chi connectivity index (χ0v) is 18.9. The third kappa shape index (κ3) is 4.82. The van der Waals surface area contributed by atoms with Crippen LogP contribution in [0.2, 0.25) is 0 Å². The van der Waals surface area contributed by atoms with E-state index in [2.05, 4.69) is 21.2 Å². The van der Waals surface area contributed by atoms with Crippen molar-refractivity contribution in [3.8, 4) is 0 Å². The second-order valence-electron chi connectivity index (χ2n) is 7.47. The van der Waals surface area contributed by atoms with Crippen molar-refractivity contribution in [1.82, 2.24) is 10.2 Å². The monoisotopic (exact) mass is 482 g/mol. The molecule has 1 fully saturated rings. The zero-order valence-electron chi connectivity index (χ0n) is 16.5. The predicted molar refractivity (Wildman–Crippen MR) is 124 cm³/mol. The fraction of sp³-hybridized carbons (Fsp3) is 0.250. The van der Waals surface area contributed by atoms with Crippen LogP contribution < -0.4 is 5.32 Å². The molecule has 6 heteroatoms. The molecule has 1 aliphatic rings. The van der Waals surface area contributed by atoms with Crippen molar-refractivity contribution in [2.24, 2.45) is 5.92 Å². The number of amides is 2. The van der Waals surface area contributed by atoms with Crippen molar-refractivity contribution in [2.45, 2.75) is 18.9 Å². The van der Waals surface area contributed by atoms with E-state index in [1.54, 1.807) is 0 Å². The van der Waals surface area contributed by atoms with Crippen LogP contribution in [0.4, 0.5) is 0 Å². The van der Waals surface area contributed by atoms with Crippen LogP contribution in [-0.4, -0.2) is 29.8 Å². The van der Waals surface area contributed by atoms with E-state index < -0.39 is 0 Å². The van der Waals surface area contributed by atoms with Crippen molar-refractivity contribution in [2.75, 3.05) is 13.1 Å². The van der Waals surface area contributed by atoms with Crippen LogP contribution >= 0.6 is 27.3 Å². The lowest BCUT2D eigenvalue weighted by Crippen LogP contribution is -2.46. The Morgan fingerprint density at radius 3 is 2.43 bits per heavy atom. The molecule has 1 saturated heterocycles. The molecule has 0 aliphatic carbocycles. The molecular weight excluding hydrogens is 460 g/mol. The Morgan fingerprint density at radius 2 is 1.73 bits per heavy atom. The summed E-state index contributed by atoms with van der Waals surface area (Å²) in [7, 11) is 0. The van der Waals surface area contributed by atoms with Crippen molar-refractivity contribution in [3.05, 3.63) is 92.6 Å². The van der Waals surface area contributed by atoms with Gasteiger partial charge in [-0.25, -0.2) is 0 Å². The number of nitrogens with zero attached hydrogens (tertiary/aromatic N) is 1. The van der Waals surface area contributed by atoms with E-state index in [9.17, 15) is 9.59 Å². The van der Waals surface area contributed by atoms with Crippen molar-refractivity contribution < 1.29 is 9.59 Å². The molecule has 1 aromatic heterocycles. The Hall–Kier alpha value is -2.44. The number of halogens is 1. The van der Waals surface area contributed by atoms with Crippen molar-refractivity contribution >= 4 is 39.1 Å². The standard InChI is InChI=1S/C24H23BrN2O2S/c25-20-12-10-18(11-13-20)22(17-6-2-1-3-7-17)26-23(28)19-8-4-14-27(16-19)24(29)21-9-5-15-30-21/h1-3,5-7,9-13,15,19,22H,4,8,14,16H2,(H,26,28). The number of hydrogen-bond donors (Lipinski definition) is 1. The predicted octanol–water partition coefficient (Wildman–Crippen LogP) is 5.27. The van der Waals surface area contributed by atoms with Crippen LogP contribution in [0.1, 0.15) is 39.7 Å². The first kappa shape index (κ1) is 20.8. The van der Waals surface area contributed by atoms with Gasteiger partial charge in [-0.15, -0.1) is 11.3 Å². The molecule has 1 N–H and O–H groups in total. The van der Waals surface area contributed by atoms with Crippen LogP contribution in [0.15, 0.2) is 76.6 Å². The number of likely N-dealkylation sites (tertiary alicyclic amines) is 1. The van der Waals surface area contributed by atoms with Crippen LogP contribution in [0, 0.1) is 5.92 Å². The Kier molecular flexibility index (Phi) is 6.65. The highest BCUT2D eigenvalue weighted by atomic mass is 79.9. The summed E-state index contributed by atoms with van der Waals surface area (Å²) in [6.07, 6.45) is 1.63. The number of rotatable bonds is 5. The molecule has 30 heavy (non-hydrogen) atoms. The molecule has 2 amide bonds. The number of hydrogen-bond acceptors (Lipinski definition) is 3. The summed E-state index contributed by atoms with van der Waals surface area (Å²) in [5.74, 6) is -0.185. The van der Waals surface area contributed by atoms with E-state index in [1.165, 1.54) is 11.3 Å². The summed E-state index contributed by atoms with van der Waals surface area (Å²) in [4.78, 5) is 28.5. The average molecular weight is 483 g/mol. The quantitative estimate of drug-likeness (QED) is 0.538. The van der Waals surface area contributed by atoms with E-state index in [0.717, 1.165) is 33.3 Å². The van der Waals surface area contributed by atoms with Crippen LogP contribution in [0.5, 0.6) is 0 Å². The summed E-state index contributed by atoms with van der Waals surface area (Å²) in [6.45, 7) is 1.17. The molecule has 4 rings (SSSR count). The van der Waals surface area contributed by atoms with Gasteiger partial charge >= 0.3 is 0 Å². The number of carbonyl (C=O) groups excluding carboxylic acids is 2. The Bertz CT molecular complexity index is 990. The third-order valence-electron chi connectivity index (χ3n) is 5.43. The molecular formula is C24H23BrN2O2S. The maximum atomic E-state index is 13.2. The first-order chi connectivity index (χ1) is 14.6. The maximum absolute atomic E-state index is 13.2. The number of carbonyl (C=O) groups is 2. The first-order valence-electron chi connectivity index (χ1n) is 10.1. The zero-order chi connectivity index (χ0) is 20.9. The second-order valence-corrected chi connectivity index (χ2v) is 9.33. The average Bonchev–Trinajstić information content (AvgIpc) is 3.33. The summed E-state index contributed by atoms with van der Waals surface area (Å²) in [6, 6.07) is 21.5. The fourth-order valence-electron chi connectivity index (χ4n) is 3.85. The van der Waals surface area contributed by atoms with Gasteiger partial charge in [-0.3, -0.25) is 9.59 Å². The highest BCUT2D eigenvalue weighted by Crippen LogP contribution is 2.26. The van der Waals surface area contributed by atoms with Crippen molar-refractivity contribution in [3.63, 3.8) is 0 Å². The molecule has 2 heterocycles. The number of benzene rings is 2. The van der Waals surface area contributed by atoms with Crippen molar-refractivity contribution in [1.29, 1.82) is 0 Å². The van der Waals surface area contributed by atoms with Gasteiger partial charge in [0.05, 0.1) is 16.8 Å². The Morgan fingerprint density at radius 1 is 1.00 bits per heavy atom. The molecule has 2 atom stereocenters. The highest BCUT2D eigenvalue weighted by Gasteiger charge is 2.30.